The molecule has 0 aromatic carbocycles. The molecular formula is C17H28O4. The molecule has 2 heterocycles. The summed E-state index contributed by atoms with van der Waals surface area (Å²) in [5, 5.41) is 0. The van der Waals surface area contributed by atoms with Crippen molar-refractivity contribution in [2.24, 2.45) is 0 Å². The van der Waals surface area contributed by atoms with Crippen molar-refractivity contribution in [3.8, 4) is 0 Å². The number of fused-ring (bicyclic) bond motifs is 1. The van der Waals surface area contributed by atoms with Gasteiger partial charge in [-0.3, -0.25) is 4.79 Å². The van der Waals surface area contributed by atoms with Crippen molar-refractivity contribution < 1.29 is 19.0 Å². The Labute approximate surface area is 127 Å². The summed E-state index contributed by atoms with van der Waals surface area (Å²) < 4.78 is 16.8. The second kappa shape index (κ2) is 9.08. The van der Waals surface area contributed by atoms with Crippen molar-refractivity contribution >= 4 is 5.78 Å². The van der Waals surface area contributed by atoms with Crippen molar-refractivity contribution in [2.45, 2.75) is 76.9 Å². The van der Waals surface area contributed by atoms with Gasteiger partial charge in [0, 0.05) is 19.3 Å². The minimum absolute atomic E-state index is 0.347. The minimum Gasteiger partial charge on any atom is -0.466 e. The van der Waals surface area contributed by atoms with E-state index in [0.29, 0.717) is 56.4 Å². The summed E-state index contributed by atoms with van der Waals surface area (Å²) in [5.41, 5.74) is 0. The average molecular weight is 296 g/mol. The molecule has 120 valence electrons. The number of epoxide rings is 1. The van der Waals surface area contributed by atoms with Crippen molar-refractivity contribution in [2.75, 3.05) is 13.2 Å². The van der Waals surface area contributed by atoms with Crippen molar-refractivity contribution in [3.63, 3.8) is 0 Å². The van der Waals surface area contributed by atoms with Gasteiger partial charge in [-0.2, -0.15) is 0 Å². The fourth-order valence-corrected chi connectivity index (χ4v) is 2.76. The molecular weight excluding hydrogens is 268 g/mol. The Hall–Kier alpha value is -1.03. The van der Waals surface area contributed by atoms with Gasteiger partial charge in [0.25, 0.3) is 5.95 Å². The molecule has 2 rings (SSSR count). The maximum Gasteiger partial charge on any atom is 0.274 e. The second-order valence-corrected chi connectivity index (χ2v) is 5.84. The van der Waals surface area contributed by atoms with E-state index in [0.717, 1.165) is 25.7 Å². The summed E-state index contributed by atoms with van der Waals surface area (Å²) in [6, 6.07) is 0. The molecule has 0 amide bonds. The molecule has 0 saturated carbocycles. The Bertz CT molecular complexity index is 351. The molecule has 2 atom stereocenters. The summed E-state index contributed by atoms with van der Waals surface area (Å²) in [5.74, 6) is 0.911. The molecule has 1 fully saturated rings. The lowest BCUT2D eigenvalue weighted by Crippen LogP contribution is -2.05. The van der Waals surface area contributed by atoms with Crippen LogP contribution >= 0.6 is 0 Å². The Morgan fingerprint density at radius 1 is 1.14 bits per heavy atom. The maximum absolute atomic E-state index is 11.8. The van der Waals surface area contributed by atoms with E-state index < -0.39 is 0 Å². The smallest absolute Gasteiger partial charge is 0.274 e. The molecule has 0 aliphatic carbocycles. The third-order valence-corrected chi connectivity index (χ3v) is 4.05. The zero-order valence-electron chi connectivity index (χ0n) is 13.1. The summed E-state index contributed by atoms with van der Waals surface area (Å²) in [7, 11) is 0. The molecule has 2 aliphatic rings. The van der Waals surface area contributed by atoms with E-state index in [1.165, 1.54) is 12.8 Å². The third-order valence-electron chi connectivity index (χ3n) is 4.05. The predicted octanol–water partition coefficient (Wildman–Crippen LogP) is 3.74. The van der Waals surface area contributed by atoms with Gasteiger partial charge in [0.05, 0.1) is 25.4 Å². The van der Waals surface area contributed by atoms with Gasteiger partial charge >= 0.3 is 0 Å². The Kier molecular flexibility index (Phi) is 7.07. The lowest BCUT2D eigenvalue weighted by Gasteiger charge is -2.10. The number of hydrogen-bond acceptors (Lipinski definition) is 4. The van der Waals surface area contributed by atoms with Crippen LogP contribution in [-0.4, -0.2) is 31.2 Å². The largest absolute Gasteiger partial charge is 0.466 e. The first-order valence-corrected chi connectivity index (χ1v) is 8.42. The van der Waals surface area contributed by atoms with Gasteiger partial charge in [0.1, 0.15) is 5.78 Å². The van der Waals surface area contributed by atoms with Crippen LogP contribution in [0.1, 0.15) is 64.7 Å². The van der Waals surface area contributed by atoms with E-state index in [2.05, 4.69) is 0 Å². The number of carbonyl (C=O) groups is 1. The van der Waals surface area contributed by atoms with Gasteiger partial charge in [-0.05, 0) is 32.3 Å². The van der Waals surface area contributed by atoms with E-state index in [-0.39, 0.29) is 0 Å². The van der Waals surface area contributed by atoms with Gasteiger partial charge < -0.3 is 14.2 Å². The molecule has 0 N–H and O–H groups in total. The van der Waals surface area contributed by atoms with E-state index in [9.17, 15) is 4.79 Å². The van der Waals surface area contributed by atoms with E-state index >= 15 is 0 Å². The first kappa shape index (κ1) is 16.3. The van der Waals surface area contributed by atoms with Crippen molar-refractivity contribution in [1.82, 2.24) is 0 Å². The molecule has 21 heavy (non-hydrogen) atoms. The normalized spacial score (nSPS) is 31.5. The van der Waals surface area contributed by atoms with Gasteiger partial charge in [-0.15, -0.1) is 0 Å². The van der Waals surface area contributed by atoms with Gasteiger partial charge in [-0.25, -0.2) is 0 Å². The molecule has 2 aliphatic heterocycles. The van der Waals surface area contributed by atoms with Crippen molar-refractivity contribution in [3.05, 3.63) is 12.0 Å². The van der Waals surface area contributed by atoms with Crippen molar-refractivity contribution in [1.29, 1.82) is 0 Å². The summed E-state index contributed by atoms with van der Waals surface area (Å²) in [6.45, 7) is 3.15. The Balaban J connectivity index is 1.81. The summed E-state index contributed by atoms with van der Waals surface area (Å²) in [6.07, 6.45) is 11.4. The number of Topliss-reactive ketones (excluding diaryl/α,β-unsaturated/α-hetero) is 1. The van der Waals surface area contributed by atoms with Crippen LogP contribution in [0.25, 0.3) is 0 Å². The zero-order valence-corrected chi connectivity index (χ0v) is 13.1. The lowest BCUT2D eigenvalue weighted by atomic mass is 10.0. The highest BCUT2D eigenvalue weighted by Crippen LogP contribution is 2.30. The van der Waals surface area contributed by atoms with Gasteiger partial charge in [0.15, 0.2) is 0 Å². The molecule has 1 saturated heterocycles. The summed E-state index contributed by atoms with van der Waals surface area (Å²) >= 11 is 0. The molecule has 2 unspecified atom stereocenters. The van der Waals surface area contributed by atoms with Crippen LogP contribution in [0.3, 0.4) is 0 Å². The Morgan fingerprint density at radius 3 is 2.81 bits per heavy atom. The Morgan fingerprint density at radius 2 is 1.95 bits per heavy atom. The van der Waals surface area contributed by atoms with Crippen LogP contribution in [0, 0.1) is 0 Å². The van der Waals surface area contributed by atoms with E-state index in [4.69, 9.17) is 14.2 Å². The zero-order chi connectivity index (χ0) is 14.9. The minimum atomic E-state index is 0.347. The number of ketones is 1. The van der Waals surface area contributed by atoms with Crippen LogP contribution < -0.4 is 0 Å². The number of carbonyl (C=O) groups excluding carboxylic acids is 1. The molecule has 0 aromatic rings. The second-order valence-electron chi connectivity index (χ2n) is 5.84. The number of allylic oxidation sites excluding steroid dienone is 1. The van der Waals surface area contributed by atoms with Crippen LogP contribution in [-0.2, 0) is 19.0 Å². The molecule has 0 spiro atoms. The quantitative estimate of drug-likeness (QED) is 0.728. The fraction of sp³-hybridized carbons (Fsp3) is 0.824. The summed E-state index contributed by atoms with van der Waals surface area (Å²) in [4.78, 5) is 11.8. The van der Waals surface area contributed by atoms with Gasteiger partial charge in [-0.1, -0.05) is 19.3 Å². The standard InChI is InChI=1S/C17H28O4/c1-2-19-17-11-7-9-14(18)8-5-3-4-6-10-15-16(21-15)12-13-20-17/h11,15-16H,2-10,12-13H2,1H3/b17-11-. The molecule has 4 heteroatoms. The first-order valence-electron chi connectivity index (χ1n) is 8.42. The predicted molar refractivity (Wildman–Crippen MR) is 80.9 cm³/mol. The lowest BCUT2D eigenvalue weighted by molar-refractivity contribution is -0.119. The van der Waals surface area contributed by atoms with Gasteiger partial charge in [0.2, 0.25) is 0 Å². The van der Waals surface area contributed by atoms with Crippen LogP contribution in [0.15, 0.2) is 12.0 Å². The molecule has 0 bridgehead atoms. The first-order chi connectivity index (χ1) is 10.3. The highest BCUT2D eigenvalue weighted by Gasteiger charge is 2.37. The highest BCUT2D eigenvalue weighted by molar-refractivity contribution is 5.78. The highest BCUT2D eigenvalue weighted by atomic mass is 16.7. The number of rotatable bonds is 2. The number of hydrogen-bond donors (Lipinski definition) is 0. The molecule has 0 aromatic heterocycles. The van der Waals surface area contributed by atoms with E-state index in [1.54, 1.807) is 0 Å². The average Bonchev–Trinajstić information content (AvgIpc) is 3.20. The number of ether oxygens (including phenoxy) is 3. The maximum atomic E-state index is 11.8. The molecule has 0 radical (unpaired) electrons. The van der Waals surface area contributed by atoms with Crippen LogP contribution in [0.2, 0.25) is 0 Å². The third kappa shape index (κ3) is 6.51. The van der Waals surface area contributed by atoms with E-state index in [1.807, 2.05) is 13.0 Å². The fourth-order valence-electron chi connectivity index (χ4n) is 2.76. The van der Waals surface area contributed by atoms with Crippen LogP contribution in [0.4, 0.5) is 0 Å². The van der Waals surface area contributed by atoms with Crippen LogP contribution in [0.5, 0.6) is 0 Å². The SMILES string of the molecule is CCO/C1=C/CCC(=O)CCCCCCC2OC2CCO1. The topological polar surface area (TPSA) is 48.1 Å². The monoisotopic (exact) mass is 296 g/mol. The molecule has 4 nitrogen and oxygen atoms in total.